The smallest absolute Gasteiger partial charge is 0.229 e. The lowest BCUT2D eigenvalue weighted by molar-refractivity contribution is -0.120. The number of amides is 1. The Morgan fingerprint density at radius 2 is 1.65 bits per heavy atom. The number of aromatic nitrogens is 3. The molecule has 0 saturated carbocycles. The van der Waals surface area contributed by atoms with E-state index in [1.165, 1.54) is 0 Å². The number of piperidine rings is 1. The van der Waals surface area contributed by atoms with Gasteiger partial charge in [0.25, 0.3) is 0 Å². The van der Waals surface area contributed by atoms with Crippen molar-refractivity contribution in [2.75, 3.05) is 23.3 Å². The Kier molecular flexibility index (Phi) is 6.42. The molecule has 1 aliphatic heterocycles. The zero-order valence-corrected chi connectivity index (χ0v) is 18.7. The molecule has 7 heteroatoms. The van der Waals surface area contributed by atoms with Gasteiger partial charge < -0.3 is 15.0 Å². The lowest BCUT2D eigenvalue weighted by atomic mass is 9.97. The number of ether oxygens (including phenoxy) is 1. The van der Waals surface area contributed by atoms with Crippen molar-refractivity contribution in [3.8, 4) is 22.8 Å². The van der Waals surface area contributed by atoms with E-state index in [1.807, 2.05) is 78.9 Å². The third kappa shape index (κ3) is 5.20. The van der Waals surface area contributed by atoms with Crippen LogP contribution in [0.2, 0.25) is 0 Å². The minimum absolute atomic E-state index is 0.0165. The first kappa shape index (κ1) is 21.6. The van der Waals surface area contributed by atoms with Crippen molar-refractivity contribution in [3.05, 3.63) is 91.3 Å². The molecular formula is C27H25N5O2. The van der Waals surface area contributed by atoms with E-state index in [-0.39, 0.29) is 11.8 Å². The van der Waals surface area contributed by atoms with Gasteiger partial charge in [-0.25, -0.2) is 0 Å². The summed E-state index contributed by atoms with van der Waals surface area (Å²) in [6.07, 6.45) is 5.25. The first-order chi connectivity index (χ1) is 16.7. The fourth-order valence-electron chi connectivity index (χ4n) is 4.05. The van der Waals surface area contributed by atoms with Crippen LogP contribution < -0.4 is 15.0 Å². The number of nitrogens with zero attached hydrogens (tertiary/aromatic N) is 4. The zero-order chi connectivity index (χ0) is 23.2. The molecule has 170 valence electrons. The van der Waals surface area contributed by atoms with Crippen LogP contribution >= 0.6 is 0 Å². The summed E-state index contributed by atoms with van der Waals surface area (Å²) in [5, 5.41) is 11.8. The summed E-state index contributed by atoms with van der Waals surface area (Å²) < 4.78 is 5.82. The van der Waals surface area contributed by atoms with Gasteiger partial charge in [0.05, 0.1) is 11.6 Å². The number of para-hydroxylation sites is 1. The van der Waals surface area contributed by atoms with Crippen molar-refractivity contribution < 1.29 is 9.53 Å². The topological polar surface area (TPSA) is 80.2 Å². The maximum Gasteiger partial charge on any atom is 0.229 e. The molecule has 1 amide bonds. The molecule has 3 heterocycles. The van der Waals surface area contributed by atoms with Gasteiger partial charge in [0.15, 0.2) is 5.82 Å². The quantitative estimate of drug-likeness (QED) is 0.435. The van der Waals surface area contributed by atoms with Crippen molar-refractivity contribution in [2.45, 2.75) is 12.8 Å². The zero-order valence-electron chi connectivity index (χ0n) is 18.7. The highest BCUT2D eigenvalue weighted by Crippen LogP contribution is 2.26. The van der Waals surface area contributed by atoms with E-state index < -0.39 is 0 Å². The number of pyridine rings is 1. The van der Waals surface area contributed by atoms with Crippen LogP contribution in [0.5, 0.6) is 11.5 Å². The number of hydrogen-bond donors (Lipinski definition) is 1. The highest BCUT2D eigenvalue weighted by Gasteiger charge is 2.27. The predicted molar refractivity (Wildman–Crippen MR) is 132 cm³/mol. The Balaban J connectivity index is 1.19. The molecule has 0 bridgehead atoms. The number of benzene rings is 2. The summed E-state index contributed by atoms with van der Waals surface area (Å²) >= 11 is 0. The molecule has 1 atom stereocenters. The lowest BCUT2D eigenvalue weighted by Crippen LogP contribution is -2.41. The van der Waals surface area contributed by atoms with E-state index in [0.717, 1.165) is 53.6 Å². The number of anilines is 2. The molecule has 1 aliphatic rings. The summed E-state index contributed by atoms with van der Waals surface area (Å²) in [6.45, 7) is 1.48. The average molecular weight is 452 g/mol. The van der Waals surface area contributed by atoms with Crippen LogP contribution in [-0.2, 0) is 4.79 Å². The fourth-order valence-corrected chi connectivity index (χ4v) is 4.05. The maximum absolute atomic E-state index is 12.9. The van der Waals surface area contributed by atoms with Crippen LogP contribution in [0.15, 0.2) is 91.3 Å². The molecule has 1 unspecified atom stereocenters. The number of carbonyl (C=O) groups excluding carboxylic acids is 1. The van der Waals surface area contributed by atoms with Gasteiger partial charge in [-0.05, 0) is 73.5 Å². The van der Waals surface area contributed by atoms with Gasteiger partial charge in [0, 0.05) is 36.7 Å². The number of hydrogen-bond acceptors (Lipinski definition) is 6. The standard InChI is InChI=1S/C27H25N5O2/c33-27(29-22-8-10-24(11-9-22)34-23-6-2-1-3-7-23)21-5-4-18-32(19-21)26-13-12-25(30-31-26)20-14-16-28-17-15-20/h1-3,6-17,21H,4-5,18-19H2,(H,29,33). The van der Waals surface area contributed by atoms with Gasteiger partial charge in [-0.2, -0.15) is 0 Å². The summed E-state index contributed by atoms with van der Waals surface area (Å²) in [7, 11) is 0. The molecule has 2 aromatic carbocycles. The van der Waals surface area contributed by atoms with E-state index in [2.05, 4.69) is 25.4 Å². The molecule has 4 aromatic rings. The van der Waals surface area contributed by atoms with Gasteiger partial charge in [-0.1, -0.05) is 18.2 Å². The van der Waals surface area contributed by atoms with Crippen LogP contribution in [0, 0.1) is 5.92 Å². The SMILES string of the molecule is O=C(Nc1ccc(Oc2ccccc2)cc1)C1CCCN(c2ccc(-c3ccncc3)nn2)C1. The average Bonchev–Trinajstić information content (AvgIpc) is 2.91. The van der Waals surface area contributed by atoms with Crippen molar-refractivity contribution in [2.24, 2.45) is 5.92 Å². The molecule has 0 aliphatic carbocycles. The van der Waals surface area contributed by atoms with E-state index in [0.29, 0.717) is 6.54 Å². The highest BCUT2D eigenvalue weighted by atomic mass is 16.5. The Labute approximate surface area is 198 Å². The van der Waals surface area contributed by atoms with Crippen LogP contribution in [0.4, 0.5) is 11.5 Å². The van der Waals surface area contributed by atoms with Gasteiger partial charge >= 0.3 is 0 Å². The first-order valence-electron chi connectivity index (χ1n) is 11.4. The van der Waals surface area contributed by atoms with Crippen molar-refractivity contribution >= 4 is 17.4 Å². The molecule has 0 radical (unpaired) electrons. The monoisotopic (exact) mass is 451 g/mol. The largest absolute Gasteiger partial charge is 0.457 e. The molecular weight excluding hydrogens is 426 g/mol. The Hall–Kier alpha value is -4.26. The van der Waals surface area contributed by atoms with E-state index in [1.54, 1.807) is 12.4 Å². The summed E-state index contributed by atoms with van der Waals surface area (Å²) in [5.74, 6) is 2.19. The molecule has 7 nitrogen and oxygen atoms in total. The summed E-state index contributed by atoms with van der Waals surface area (Å²) in [4.78, 5) is 19.1. The molecule has 34 heavy (non-hydrogen) atoms. The van der Waals surface area contributed by atoms with E-state index in [4.69, 9.17) is 4.74 Å². The predicted octanol–water partition coefficient (Wildman–Crippen LogP) is 5.19. The summed E-state index contributed by atoms with van der Waals surface area (Å²) in [6, 6.07) is 24.8. The van der Waals surface area contributed by atoms with E-state index >= 15 is 0 Å². The van der Waals surface area contributed by atoms with Crippen LogP contribution in [0.1, 0.15) is 12.8 Å². The third-order valence-electron chi connectivity index (χ3n) is 5.84. The molecule has 1 fully saturated rings. The Bertz CT molecular complexity index is 1220. The fraction of sp³-hybridized carbons (Fsp3) is 0.185. The molecule has 1 N–H and O–H groups in total. The minimum atomic E-state index is -0.115. The lowest BCUT2D eigenvalue weighted by Gasteiger charge is -2.32. The van der Waals surface area contributed by atoms with Gasteiger partial charge in [-0.3, -0.25) is 9.78 Å². The second-order valence-electron chi connectivity index (χ2n) is 8.23. The molecule has 1 saturated heterocycles. The number of rotatable bonds is 6. The number of carbonyl (C=O) groups is 1. The van der Waals surface area contributed by atoms with Gasteiger partial charge in [-0.15, -0.1) is 10.2 Å². The highest BCUT2D eigenvalue weighted by molar-refractivity contribution is 5.93. The van der Waals surface area contributed by atoms with Crippen molar-refractivity contribution in [1.29, 1.82) is 0 Å². The third-order valence-corrected chi connectivity index (χ3v) is 5.84. The van der Waals surface area contributed by atoms with Crippen LogP contribution in [0.3, 0.4) is 0 Å². The Morgan fingerprint density at radius 3 is 2.38 bits per heavy atom. The van der Waals surface area contributed by atoms with Crippen LogP contribution in [-0.4, -0.2) is 34.2 Å². The number of nitrogens with one attached hydrogen (secondary N) is 1. The van der Waals surface area contributed by atoms with E-state index in [9.17, 15) is 4.79 Å². The maximum atomic E-state index is 12.9. The second-order valence-corrected chi connectivity index (χ2v) is 8.23. The normalized spacial score (nSPS) is 15.5. The second kappa shape index (κ2) is 10.1. The first-order valence-corrected chi connectivity index (χ1v) is 11.4. The molecule has 2 aromatic heterocycles. The van der Waals surface area contributed by atoms with Gasteiger partial charge in [0.2, 0.25) is 5.91 Å². The Morgan fingerprint density at radius 1 is 0.882 bits per heavy atom. The van der Waals surface area contributed by atoms with Crippen molar-refractivity contribution in [1.82, 2.24) is 15.2 Å². The van der Waals surface area contributed by atoms with Crippen molar-refractivity contribution in [3.63, 3.8) is 0 Å². The molecule has 0 spiro atoms. The van der Waals surface area contributed by atoms with Gasteiger partial charge in [0.1, 0.15) is 11.5 Å². The molecule has 5 rings (SSSR count). The summed E-state index contributed by atoms with van der Waals surface area (Å²) in [5.41, 5.74) is 2.53. The minimum Gasteiger partial charge on any atom is -0.457 e. The van der Waals surface area contributed by atoms with Crippen LogP contribution in [0.25, 0.3) is 11.3 Å².